The highest BCUT2D eigenvalue weighted by atomic mass is 32.4. The molecule has 6 heteroatoms. The van der Waals surface area contributed by atoms with Crippen molar-refractivity contribution in [2.45, 2.75) is 39.5 Å². The van der Waals surface area contributed by atoms with Gasteiger partial charge in [-0.3, -0.25) is 10.1 Å². The molecule has 1 aromatic rings. The Bertz CT molecular complexity index is 822. The van der Waals surface area contributed by atoms with E-state index >= 15 is 0 Å². The third kappa shape index (κ3) is 3.24. The summed E-state index contributed by atoms with van der Waals surface area (Å²) in [6.45, 7) is 7.01. The number of fused-ring (bicyclic) bond motifs is 1. The van der Waals surface area contributed by atoms with Crippen LogP contribution in [-0.4, -0.2) is 36.8 Å². The summed E-state index contributed by atoms with van der Waals surface area (Å²) in [5.41, 5.74) is 7.72. The van der Waals surface area contributed by atoms with E-state index in [1.165, 1.54) is 36.0 Å². The van der Waals surface area contributed by atoms with Crippen molar-refractivity contribution in [1.82, 2.24) is 15.0 Å². The summed E-state index contributed by atoms with van der Waals surface area (Å²) in [5, 5.41) is 1.38. The summed E-state index contributed by atoms with van der Waals surface area (Å²) in [5.74, 6) is 0. The topological polar surface area (TPSA) is 21.8 Å². The Balaban J connectivity index is 1.89. The second kappa shape index (κ2) is 6.95. The van der Waals surface area contributed by atoms with Crippen LogP contribution in [0.3, 0.4) is 0 Å². The van der Waals surface area contributed by atoms with Crippen LogP contribution < -0.4 is 10.2 Å². The first-order valence-electron chi connectivity index (χ1n) is 9.95. The molecule has 1 N–H and O–H groups in total. The smallest absolute Gasteiger partial charge is 0.151 e. The monoisotopic (exact) mass is 402 g/mol. The number of likely N-dealkylation sites (tertiary alicyclic amines) is 1. The van der Waals surface area contributed by atoms with Gasteiger partial charge in [0, 0.05) is 18.8 Å². The van der Waals surface area contributed by atoms with Crippen molar-refractivity contribution >= 4 is 23.8 Å². The maximum atomic E-state index is 6.49. The van der Waals surface area contributed by atoms with Gasteiger partial charge in [0.2, 0.25) is 0 Å². The minimum absolute atomic E-state index is 0.137. The van der Waals surface area contributed by atoms with E-state index in [9.17, 15) is 0 Å². The summed E-state index contributed by atoms with van der Waals surface area (Å²) in [6.07, 6.45) is 5.28. The van der Waals surface area contributed by atoms with Gasteiger partial charge in [0.1, 0.15) is 0 Å². The van der Waals surface area contributed by atoms with Crippen LogP contribution in [0, 0.1) is 5.41 Å². The Morgan fingerprint density at radius 3 is 2.37 bits per heavy atom. The molecule has 4 rings (SSSR count). The highest BCUT2D eigenvalue weighted by Crippen LogP contribution is 2.68. The number of anilines is 1. The minimum atomic E-state index is -2.13. The zero-order chi connectivity index (χ0) is 19.2. The van der Waals surface area contributed by atoms with Crippen LogP contribution in [0.15, 0.2) is 53.1 Å². The van der Waals surface area contributed by atoms with Crippen molar-refractivity contribution in [1.29, 1.82) is 0 Å². The van der Waals surface area contributed by atoms with Crippen LogP contribution in [-0.2, 0) is 11.8 Å². The summed E-state index contributed by atoms with van der Waals surface area (Å²) in [4.78, 5) is 2.63. The van der Waals surface area contributed by atoms with Gasteiger partial charge in [-0.2, -0.15) is 0 Å². The van der Waals surface area contributed by atoms with Crippen LogP contribution in [0.4, 0.5) is 5.69 Å². The number of nitrogens with one attached hydrogen (secondary N) is 1. The quantitative estimate of drug-likeness (QED) is 0.725. The number of nitrogens with zero attached hydrogens (tertiary/aromatic N) is 3. The molecule has 0 aromatic heterocycles. The van der Waals surface area contributed by atoms with Gasteiger partial charge in [-0.05, 0) is 57.3 Å². The number of hydrogen-bond donors (Lipinski definition) is 1. The van der Waals surface area contributed by atoms with Crippen LogP contribution in [0.1, 0.15) is 39.5 Å². The van der Waals surface area contributed by atoms with Crippen LogP contribution in [0.2, 0.25) is 0 Å². The van der Waals surface area contributed by atoms with E-state index < -0.39 is 6.34 Å². The number of hydrazine groups is 1. The van der Waals surface area contributed by atoms with Crippen molar-refractivity contribution in [2.24, 2.45) is 5.41 Å². The standard InChI is InChI=1S/C21H31N4PS/c1-21(2)15-18-20(19(16-21)24-13-9-6-10-14-24)26(27,23(3)4)25(22-18)17-11-7-5-8-12-17/h5,7-8,11-12,15,22H,6,9-10,13-14,16H2,1-4H3/t26-/m1/s1. The molecule has 146 valence electrons. The molecule has 27 heavy (non-hydrogen) atoms. The molecule has 1 aromatic carbocycles. The minimum Gasteiger partial charge on any atom is -0.374 e. The molecule has 4 nitrogen and oxygen atoms in total. The van der Waals surface area contributed by atoms with Crippen LogP contribution >= 0.6 is 6.34 Å². The van der Waals surface area contributed by atoms with Gasteiger partial charge in [-0.25, -0.2) is 4.78 Å². The first kappa shape index (κ1) is 19.0. The van der Waals surface area contributed by atoms with Gasteiger partial charge < -0.3 is 4.90 Å². The van der Waals surface area contributed by atoms with Gasteiger partial charge in [0.25, 0.3) is 0 Å². The van der Waals surface area contributed by atoms with E-state index in [2.05, 4.69) is 84.1 Å². The van der Waals surface area contributed by atoms with Crippen LogP contribution in [0.25, 0.3) is 0 Å². The molecule has 0 saturated carbocycles. The first-order valence-corrected chi connectivity index (χ1v) is 12.7. The Hall–Kier alpha value is -1.29. The summed E-state index contributed by atoms with van der Waals surface area (Å²) in [7, 11) is 4.28. The molecule has 0 radical (unpaired) electrons. The SMILES string of the molecule is CN(C)[P@]1(=S)C2=C(N3CCCCC3)CC(C)(C)C=C2NN1c1ccccc1. The molecule has 0 amide bonds. The van der Waals surface area contributed by atoms with Crippen molar-refractivity contribution in [3.05, 3.63) is 53.1 Å². The summed E-state index contributed by atoms with van der Waals surface area (Å²) >= 11 is 6.49. The average molecular weight is 403 g/mol. The molecule has 0 unspecified atom stereocenters. The number of rotatable bonds is 3. The normalized spacial score (nSPS) is 27.5. The van der Waals surface area contributed by atoms with Crippen molar-refractivity contribution in [3.8, 4) is 0 Å². The number of benzene rings is 1. The largest absolute Gasteiger partial charge is 0.374 e. The van der Waals surface area contributed by atoms with Gasteiger partial charge >= 0.3 is 0 Å². The molecule has 0 bridgehead atoms. The first-order chi connectivity index (χ1) is 12.8. The van der Waals surface area contributed by atoms with E-state index in [0.29, 0.717) is 0 Å². The number of para-hydroxylation sites is 1. The Morgan fingerprint density at radius 1 is 1.07 bits per heavy atom. The molecular weight excluding hydrogens is 371 g/mol. The summed E-state index contributed by atoms with van der Waals surface area (Å²) < 4.78 is 4.55. The zero-order valence-corrected chi connectivity index (χ0v) is 18.6. The van der Waals surface area contributed by atoms with Gasteiger partial charge in [0.05, 0.1) is 16.7 Å². The third-order valence-corrected chi connectivity index (χ3v) is 10.8. The Labute approximate surface area is 169 Å². The van der Waals surface area contributed by atoms with E-state index in [0.717, 1.165) is 25.2 Å². The lowest BCUT2D eigenvalue weighted by atomic mass is 9.82. The second-order valence-corrected chi connectivity index (χ2v) is 13.0. The fourth-order valence-electron chi connectivity index (χ4n) is 4.47. The molecule has 2 fully saturated rings. The molecule has 2 aliphatic heterocycles. The second-order valence-electron chi connectivity index (χ2n) is 8.72. The zero-order valence-electron chi connectivity index (χ0n) is 16.9. The molecule has 1 aliphatic carbocycles. The number of allylic oxidation sites excluding steroid dienone is 3. The fourth-order valence-corrected chi connectivity index (χ4v) is 8.12. The molecule has 2 heterocycles. The maximum absolute atomic E-state index is 6.49. The molecule has 3 aliphatic rings. The predicted molar refractivity (Wildman–Crippen MR) is 119 cm³/mol. The highest BCUT2D eigenvalue weighted by Gasteiger charge is 2.47. The van der Waals surface area contributed by atoms with Gasteiger partial charge in [-0.1, -0.05) is 49.9 Å². The lowest BCUT2D eigenvalue weighted by Gasteiger charge is -2.41. The molecule has 0 spiro atoms. The number of hydrogen-bond acceptors (Lipinski definition) is 3. The summed E-state index contributed by atoms with van der Waals surface area (Å²) in [6, 6.07) is 10.6. The molecule has 1 atom stereocenters. The van der Waals surface area contributed by atoms with E-state index in [1.54, 1.807) is 0 Å². The lowest BCUT2D eigenvalue weighted by Crippen LogP contribution is -2.34. The van der Waals surface area contributed by atoms with Crippen molar-refractivity contribution < 1.29 is 0 Å². The number of piperidine rings is 1. The predicted octanol–water partition coefficient (Wildman–Crippen LogP) is 4.89. The van der Waals surface area contributed by atoms with Gasteiger partial charge in [-0.15, -0.1) is 0 Å². The third-order valence-electron chi connectivity index (χ3n) is 5.76. The Kier molecular flexibility index (Phi) is 4.90. The highest BCUT2D eigenvalue weighted by molar-refractivity contribution is 8.16. The van der Waals surface area contributed by atoms with E-state index in [4.69, 9.17) is 11.8 Å². The fraction of sp³-hybridized carbons (Fsp3) is 0.524. The lowest BCUT2D eigenvalue weighted by molar-refractivity contribution is 0.254. The van der Waals surface area contributed by atoms with Crippen LogP contribution in [0.5, 0.6) is 0 Å². The molecular formula is C21H31N4PS. The Morgan fingerprint density at radius 2 is 1.74 bits per heavy atom. The maximum Gasteiger partial charge on any atom is 0.151 e. The average Bonchev–Trinajstić information content (AvgIpc) is 2.95. The van der Waals surface area contributed by atoms with E-state index in [-0.39, 0.29) is 5.41 Å². The van der Waals surface area contributed by atoms with Crippen molar-refractivity contribution in [2.75, 3.05) is 32.0 Å². The van der Waals surface area contributed by atoms with Crippen molar-refractivity contribution in [3.63, 3.8) is 0 Å². The molecule has 2 saturated heterocycles. The van der Waals surface area contributed by atoms with Gasteiger partial charge in [0.15, 0.2) is 6.34 Å². The van der Waals surface area contributed by atoms with E-state index in [1.807, 2.05) is 0 Å².